The molecule has 6 nitrogen and oxygen atoms in total. The molecular formula is C21H21BrN2O4. The third-order valence-corrected chi connectivity index (χ3v) is 4.17. The van der Waals surface area contributed by atoms with Gasteiger partial charge in [-0.2, -0.15) is 5.26 Å². The highest BCUT2D eigenvalue weighted by molar-refractivity contribution is 9.10. The number of nitriles is 1. The molecule has 146 valence electrons. The van der Waals surface area contributed by atoms with Gasteiger partial charge in [-0.25, -0.2) is 0 Å². The lowest BCUT2D eigenvalue weighted by Gasteiger charge is -2.14. The number of ether oxygens (including phenoxy) is 2. The minimum Gasteiger partial charge on any atom is -0.508 e. The number of nitrogens with one attached hydrogen (secondary N) is 1. The predicted octanol–water partition coefficient (Wildman–Crippen LogP) is 4.89. The van der Waals surface area contributed by atoms with E-state index in [2.05, 4.69) is 21.2 Å². The second-order valence-electron chi connectivity index (χ2n) is 5.78. The van der Waals surface area contributed by atoms with Crippen molar-refractivity contribution >= 4 is 33.6 Å². The average molecular weight is 445 g/mol. The van der Waals surface area contributed by atoms with Crippen molar-refractivity contribution < 1.29 is 19.4 Å². The lowest BCUT2D eigenvalue weighted by molar-refractivity contribution is -0.112. The molecule has 0 fully saturated rings. The lowest BCUT2D eigenvalue weighted by atomic mass is 10.1. The van der Waals surface area contributed by atoms with Gasteiger partial charge in [-0.05, 0) is 77.3 Å². The number of phenols is 1. The zero-order valence-corrected chi connectivity index (χ0v) is 17.2. The first kappa shape index (κ1) is 21.3. The molecule has 2 aromatic rings. The Kier molecular flexibility index (Phi) is 7.90. The van der Waals surface area contributed by atoms with Crippen molar-refractivity contribution in [3.05, 3.63) is 52.0 Å². The topological polar surface area (TPSA) is 91.6 Å². The summed E-state index contributed by atoms with van der Waals surface area (Å²) in [5, 5.41) is 21.3. The molecule has 2 aromatic carbocycles. The highest BCUT2D eigenvalue weighted by Crippen LogP contribution is 2.37. The molecule has 0 saturated carbocycles. The summed E-state index contributed by atoms with van der Waals surface area (Å²) in [6.45, 7) is 4.88. The SMILES string of the molecule is CCCOc1c(Br)cc(/C=C(/C#N)C(=O)Nc2ccc(O)cc2)cc1OCC. The van der Waals surface area contributed by atoms with Gasteiger partial charge >= 0.3 is 0 Å². The van der Waals surface area contributed by atoms with E-state index >= 15 is 0 Å². The maximum absolute atomic E-state index is 12.4. The normalized spacial score (nSPS) is 10.9. The fourth-order valence-electron chi connectivity index (χ4n) is 2.34. The summed E-state index contributed by atoms with van der Waals surface area (Å²) >= 11 is 3.47. The van der Waals surface area contributed by atoms with Gasteiger partial charge in [0, 0.05) is 5.69 Å². The first-order chi connectivity index (χ1) is 13.5. The van der Waals surface area contributed by atoms with Crippen molar-refractivity contribution in [2.75, 3.05) is 18.5 Å². The third-order valence-electron chi connectivity index (χ3n) is 3.58. The number of hydrogen-bond acceptors (Lipinski definition) is 5. The van der Waals surface area contributed by atoms with Crippen molar-refractivity contribution in [1.29, 1.82) is 5.26 Å². The molecule has 7 heteroatoms. The Morgan fingerprint density at radius 3 is 2.57 bits per heavy atom. The van der Waals surface area contributed by atoms with Gasteiger partial charge in [0.15, 0.2) is 11.5 Å². The van der Waals surface area contributed by atoms with Gasteiger partial charge < -0.3 is 19.9 Å². The molecule has 0 aliphatic rings. The number of rotatable bonds is 8. The number of anilines is 1. The van der Waals surface area contributed by atoms with Crippen LogP contribution in [0.1, 0.15) is 25.8 Å². The third kappa shape index (κ3) is 5.76. The zero-order chi connectivity index (χ0) is 20.5. The Bertz CT molecular complexity index is 902. The van der Waals surface area contributed by atoms with Crippen molar-refractivity contribution in [3.8, 4) is 23.3 Å². The highest BCUT2D eigenvalue weighted by Gasteiger charge is 2.14. The van der Waals surface area contributed by atoms with Crippen molar-refractivity contribution in [1.82, 2.24) is 0 Å². The molecule has 0 saturated heterocycles. The molecule has 2 rings (SSSR count). The van der Waals surface area contributed by atoms with Gasteiger partial charge in [-0.15, -0.1) is 0 Å². The number of benzene rings is 2. The van der Waals surface area contributed by atoms with Crippen molar-refractivity contribution in [3.63, 3.8) is 0 Å². The molecule has 0 aromatic heterocycles. The molecule has 0 spiro atoms. The summed E-state index contributed by atoms with van der Waals surface area (Å²) < 4.78 is 12.1. The van der Waals surface area contributed by atoms with E-state index in [0.29, 0.717) is 40.4 Å². The van der Waals surface area contributed by atoms with Crippen LogP contribution < -0.4 is 14.8 Å². The van der Waals surface area contributed by atoms with E-state index in [1.165, 1.54) is 18.2 Å². The summed E-state index contributed by atoms with van der Waals surface area (Å²) in [5.41, 5.74) is 1.03. The monoisotopic (exact) mass is 444 g/mol. The van der Waals surface area contributed by atoms with E-state index in [1.54, 1.807) is 24.3 Å². The largest absolute Gasteiger partial charge is 0.508 e. The first-order valence-electron chi connectivity index (χ1n) is 8.79. The van der Waals surface area contributed by atoms with E-state index in [0.717, 1.165) is 6.42 Å². The molecular weight excluding hydrogens is 424 g/mol. The van der Waals surface area contributed by atoms with E-state index < -0.39 is 5.91 Å². The molecule has 1 amide bonds. The zero-order valence-electron chi connectivity index (χ0n) is 15.7. The van der Waals surface area contributed by atoms with Gasteiger partial charge in [-0.1, -0.05) is 6.92 Å². The van der Waals surface area contributed by atoms with Gasteiger partial charge in [0.2, 0.25) is 0 Å². The number of aromatic hydroxyl groups is 1. The molecule has 0 aliphatic carbocycles. The molecule has 0 unspecified atom stereocenters. The maximum atomic E-state index is 12.4. The number of halogens is 1. The molecule has 2 N–H and O–H groups in total. The van der Waals surface area contributed by atoms with Crippen molar-refractivity contribution in [2.45, 2.75) is 20.3 Å². The smallest absolute Gasteiger partial charge is 0.266 e. The second-order valence-corrected chi connectivity index (χ2v) is 6.64. The number of carbonyl (C=O) groups is 1. The van der Waals surface area contributed by atoms with Gasteiger partial charge in [-0.3, -0.25) is 4.79 Å². The van der Waals surface area contributed by atoms with Gasteiger partial charge in [0.05, 0.1) is 17.7 Å². The Hall–Kier alpha value is -2.98. The van der Waals surface area contributed by atoms with Crippen LogP contribution in [0.4, 0.5) is 5.69 Å². The van der Waals surface area contributed by atoms with Crippen LogP contribution in [0.2, 0.25) is 0 Å². The van der Waals surface area contributed by atoms with E-state index in [1.807, 2.05) is 19.9 Å². The number of amides is 1. The minimum absolute atomic E-state index is 0.0651. The molecule has 0 heterocycles. The Labute approximate surface area is 172 Å². The summed E-state index contributed by atoms with van der Waals surface area (Å²) in [7, 11) is 0. The van der Waals surface area contributed by atoms with Crippen LogP contribution in [0.15, 0.2) is 46.4 Å². The maximum Gasteiger partial charge on any atom is 0.266 e. The molecule has 0 bridgehead atoms. The van der Waals surface area contributed by atoms with E-state index in [-0.39, 0.29) is 11.3 Å². The Balaban J connectivity index is 2.30. The second kappa shape index (κ2) is 10.4. The molecule has 0 aliphatic heterocycles. The molecule has 0 radical (unpaired) electrons. The number of carbonyl (C=O) groups excluding carboxylic acids is 1. The van der Waals surface area contributed by atoms with Crippen molar-refractivity contribution in [2.24, 2.45) is 0 Å². The van der Waals surface area contributed by atoms with Crippen LogP contribution in [0.3, 0.4) is 0 Å². The van der Waals surface area contributed by atoms with E-state index in [4.69, 9.17) is 9.47 Å². The predicted molar refractivity (Wildman–Crippen MR) is 111 cm³/mol. The number of hydrogen-bond donors (Lipinski definition) is 2. The summed E-state index contributed by atoms with van der Waals surface area (Å²) in [6.07, 6.45) is 2.34. The van der Waals surface area contributed by atoms with Crippen LogP contribution in [-0.4, -0.2) is 24.2 Å². The molecule has 28 heavy (non-hydrogen) atoms. The fraction of sp³-hybridized carbons (Fsp3) is 0.238. The minimum atomic E-state index is -0.548. The quantitative estimate of drug-likeness (QED) is 0.343. The van der Waals surface area contributed by atoms with Crippen LogP contribution in [0, 0.1) is 11.3 Å². The number of nitrogens with zero attached hydrogens (tertiary/aromatic N) is 1. The van der Waals surface area contributed by atoms with Crippen LogP contribution in [-0.2, 0) is 4.79 Å². The van der Waals surface area contributed by atoms with E-state index in [9.17, 15) is 15.2 Å². The summed E-state index contributed by atoms with van der Waals surface area (Å²) in [4.78, 5) is 12.4. The average Bonchev–Trinajstić information content (AvgIpc) is 2.67. The standard InChI is InChI=1S/C21H21BrN2O4/c1-3-9-28-20-18(22)11-14(12-19(20)27-4-2)10-15(13-23)21(26)24-16-5-7-17(25)8-6-16/h5-8,10-12,25H,3-4,9H2,1-2H3,(H,24,26)/b15-10-. The Morgan fingerprint density at radius 1 is 1.25 bits per heavy atom. The number of phenolic OH excluding ortho intramolecular Hbond substituents is 1. The van der Waals surface area contributed by atoms with Crippen LogP contribution in [0.25, 0.3) is 6.08 Å². The van der Waals surface area contributed by atoms with Crippen LogP contribution in [0.5, 0.6) is 17.2 Å². The summed E-state index contributed by atoms with van der Waals surface area (Å²) in [5.74, 6) is 0.669. The van der Waals surface area contributed by atoms with Gasteiger partial charge in [0.25, 0.3) is 5.91 Å². The fourth-order valence-corrected chi connectivity index (χ4v) is 2.91. The Morgan fingerprint density at radius 2 is 1.96 bits per heavy atom. The van der Waals surface area contributed by atoms with Crippen LogP contribution >= 0.6 is 15.9 Å². The first-order valence-corrected chi connectivity index (χ1v) is 9.59. The highest BCUT2D eigenvalue weighted by atomic mass is 79.9. The summed E-state index contributed by atoms with van der Waals surface area (Å²) in [6, 6.07) is 11.4. The molecule has 0 atom stereocenters. The lowest BCUT2D eigenvalue weighted by Crippen LogP contribution is -2.13. The van der Waals surface area contributed by atoms with Gasteiger partial charge in [0.1, 0.15) is 17.4 Å².